The van der Waals surface area contributed by atoms with Crippen molar-refractivity contribution in [3.8, 4) is 0 Å². The lowest BCUT2D eigenvalue weighted by Crippen LogP contribution is -2.37. The predicted molar refractivity (Wildman–Crippen MR) is 130 cm³/mol. The number of nitrogens with zero attached hydrogens (tertiary/aromatic N) is 1. The van der Waals surface area contributed by atoms with Gasteiger partial charge in [0.25, 0.3) is 0 Å². The van der Waals surface area contributed by atoms with Crippen LogP contribution in [0.5, 0.6) is 0 Å². The minimum atomic E-state index is -3.68. The van der Waals surface area contributed by atoms with Crippen LogP contribution in [0.2, 0.25) is 10.0 Å². The van der Waals surface area contributed by atoms with Crippen molar-refractivity contribution in [3.05, 3.63) is 88.4 Å². The Morgan fingerprint density at radius 2 is 1.68 bits per heavy atom. The molecule has 0 aliphatic heterocycles. The van der Waals surface area contributed by atoms with Crippen LogP contribution < -0.4 is 9.62 Å². The van der Waals surface area contributed by atoms with Gasteiger partial charge in [-0.05, 0) is 48.0 Å². The fourth-order valence-corrected chi connectivity index (χ4v) is 4.91. The van der Waals surface area contributed by atoms with Crippen molar-refractivity contribution in [1.82, 2.24) is 0 Å². The van der Waals surface area contributed by atoms with Gasteiger partial charge in [-0.25, -0.2) is 8.42 Å². The summed E-state index contributed by atoms with van der Waals surface area (Å²) in [6.45, 7) is -0.366. The maximum atomic E-state index is 12.7. The lowest BCUT2D eigenvalue weighted by Gasteiger charge is -2.22. The maximum Gasteiger partial charge on any atom is 0.245 e. The Bertz CT molecular complexity index is 1170. The minimum absolute atomic E-state index is 0.329. The Balaban J connectivity index is 1.72. The number of nitrogens with one attached hydrogen (secondary N) is 1. The molecule has 0 saturated heterocycles. The number of hydrogen-bond acceptors (Lipinski definition) is 4. The van der Waals surface area contributed by atoms with Gasteiger partial charge >= 0.3 is 0 Å². The SMILES string of the molecule is CS(=O)(=O)N(CC(=O)Nc1ccccc1SCc1ccc(Cl)cc1)c1cccc(Cl)c1. The van der Waals surface area contributed by atoms with E-state index in [-0.39, 0.29) is 6.54 Å². The van der Waals surface area contributed by atoms with Crippen molar-refractivity contribution in [2.24, 2.45) is 0 Å². The number of halogens is 2. The van der Waals surface area contributed by atoms with Crippen LogP contribution in [0.4, 0.5) is 11.4 Å². The number of anilines is 2. The van der Waals surface area contributed by atoms with E-state index in [4.69, 9.17) is 23.2 Å². The first kappa shape index (κ1) is 23.5. The van der Waals surface area contributed by atoms with E-state index in [2.05, 4.69) is 5.32 Å². The van der Waals surface area contributed by atoms with E-state index in [1.165, 1.54) is 6.07 Å². The van der Waals surface area contributed by atoms with Gasteiger partial charge < -0.3 is 5.32 Å². The smallest absolute Gasteiger partial charge is 0.245 e. The second-order valence-corrected chi connectivity index (χ2v) is 10.5. The third-order valence-corrected chi connectivity index (χ3v) is 7.02. The van der Waals surface area contributed by atoms with Crippen LogP contribution in [0.25, 0.3) is 0 Å². The molecule has 0 aromatic heterocycles. The molecule has 0 atom stereocenters. The summed E-state index contributed by atoms with van der Waals surface area (Å²) in [6, 6.07) is 21.3. The second-order valence-electron chi connectivity index (χ2n) is 6.71. The van der Waals surface area contributed by atoms with Crippen LogP contribution in [0, 0.1) is 0 Å². The van der Waals surface area contributed by atoms with Crippen LogP contribution in [-0.4, -0.2) is 27.1 Å². The topological polar surface area (TPSA) is 66.5 Å². The summed E-state index contributed by atoms with van der Waals surface area (Å²) in [5, 5.41) is 3.88. The maximum absolute atomic E-state index is 12.7. The number of thioether (sulfide) groups is 1. The van der Waals surface area contributed by atoms with Gasteiger partial charge in [0, 0.05) is 20.7 Å². The van der Waals surface area contributed by atoms with Crippen LogP contribution in [0.3, 0.4) is 0 Å². The molecule has 3 rings (SSSR count). The van der Waals surface area contributed by atoms with Crippen LogP contribution >= 0.6 is 35.0 Å². The molecule has 3 aromatic carbocycles. The normalized spacial score (nSPS) is 11.2. The highest BCUT2D eigenvalue weighted by Crippen LogP contribution is 2.30. The first-order chi connectivity index (χ1) is 14.7. The van der Waals surface area contributed by atoms with Gasteiger partial charge in [-0.1, -0.05) is 53.5 Å². The molecule has 0 bridgehead atoms. The third-order valence-electron chi connectivity index (χ3n) is 4.25. The van der Waals surface area contributed by atoms with Gasteiger partial charge in [0.2, 0.25) is 15.9 Å². The van der Waals surface area contributed by atoms with Crippen molar-refractivity contribution in [2.45, 2.75) is 10.6 Å². The van der Waals surface area contributed by atoms with Crippen molar-refractivity contribution in [3.63, 3.8) is 0 Å². The molecule has 5 nitrogen and oxygen atoms in total. The number of hydrogen-bond donors (Lipinski definition) is 1. The molecule has 0 radical (unpaired) electrons. The highest BCUT2D eigenvalue weighted by atomic mass is 35.5. The fourth-order valence-electron chi connectivity index (χ4n) is 2.79. The van der Waals surface area contributed by atoms with Gasteiger partial charge in [0.15, 0.2) is 0 Å². The zero-order valence-electron chi connectivity index (χ0n) is 16.6. The van der Waals surface area contributed by atoms with Crippen molar-refractivity contribution >= 4 is 62.3 Å². The molecule has 0 heterocycles. The molecule has 0 fully saturated rings. The van der Waals surface area contributed by atoms with E-state index < -0.39 is 15.9 Å². The molecule has 3 aromatic rings. The van der Waals surface area contributed by atoms with E-state index in [0.29, 0.717) is 27.2 Å². The summed E-state index contributed by atoms with van der Waals surface area (Å²) >= 11 is 13.5. The molecule has 0 saturated carbocycles. The number of rotatable bonds is 8. The quantitative estimate of drug-likeness (QED) is 0.408. The molecule has 1 N–H and O–H groups in total. The molecule has 0 aliphatic carbocycles. The highest BCUT2D eigenvalue weighted by molar-refractivity contribution is 7.98. The molecule has 162 valence electrons. The lowest BCUT2D eigenvalue weighted by molar-refractivity contribution is -0.114. The predicted octanol–water partition coefficient (Wildman–Crippen LogP) is 5.69. The van der Waals surface area contributed by atoms with Crippen LogP contribution in [0.1, 0.15) is 5.56 Å². The minimum Gasteiger partial charge on any atom is -0.323 e. The molecular weight excluding hydrogens is 475 g/mol. The lowest BCUT2D eigenvalue weighted by atomic mass is 10.2. The first-order valence-corrected chi connectivity index (χ1v) is 12.8. The molecule has 31 heavy (non-hydrogen) atoms. The van der Waals surface area contributed by atoms with Gasteiger partial charge in [-0.3, -0.25) is 9.10 Å². The summed E-state index contributed by atoms with van der Waals surface area (Å²) in [4.78, 5) is 13.6. The number of benzene rings is 3. The average Bonchev–Trinajstić information content (AvgIpc) is 2.72. The number of carbonyl (C=O) groups excluding carboxylic acids is 1. The van der Waals surface area contributed by atoms with Gasteiger partial charge in [-0.2, -0.15) is 0 Å². The summed E-state index contributed by atoms with van der Waals surface area (Å²) in [6.07, 6.45) is 1.05. The van der Waals surface area contributed by atoms with E-state index in [1.807, 2.05) is 42.5 Å². The molecule has 0 spiro atoms. The number of amides is 1. The Hall–Kier alpha value is -2.19. The number of para-hydroxylation sites is 1. The second kappa shape index (κ2) is 10.4. The fraction of sp³-hybridized carbons (Fsp3) is 0.136. The number of carbonyl (C=O) groups is 1. The van der Waals surface area contributed by atoms with Crippen molar-refractivity contribution in [1.29, 1.82) is 0 Å². The summed E-state index contributed by atoms with van der Waals surface area (Å²) < 4.78 is 25.6. The van der Waals surface area contributed by atoms with Crippen LogP contribution in [0.15, 0.2) is 77.7 Å². The summed E-state index contributed by atoms with van der Waals surface area (Å²) in [7, 11) is -3.68. The van der Waals surface area contributed by atoms with E-state index >= 15 is 0 Å². The Labute approximate surface area is 196 Å². The van der Waals surface area contributed by atoms with Gasteiger partial charge in [-0.15, -0.1) is 11.8 Å². The zero-order chi connectivity index (χ0) is 22.4. The number of sulfonamides is 1. The van der Waals surface area contributed by atoms with E-state index in [1.54, 1.807) is 36.0 Å². The van der Waals surface area contributed by atoms with Gasteiger partial charge in [0.1, 0.15) is 6.54 Å². The van der Waals surface area contributed by atoms with Crippen molar-refractivity contribution in [2.75, 3.05) is 22.4 Å². The third kappa shape index (κ3) is 6.90. The zero-order valence-corrected chi connectivity index (χ0v) is 19.7. The van der Waals surface area contributed by atoms with Crippen molar-refractivity contribution < 1.29 is 13.2 Å². The van der Waals surface area contributed by atoms with Crippen LogP contribution in [-0.2, 0) is 20.6 Å². The molecule has 0 aliphatic rings. The van der Waals surface area contributed by atoms with E-state index in [0.717, 1.165) is 21.0 Å². The summed E-state index contributed by atoms with van der Waals surface area (Å²) in [5.74, 6) is 0.243. The molecule has 9 heteroatoms. The Kier molecular flexibility index (Phi) is 7.89. The molecular formula is C22H20Cl2N2O3S2. The Morgan fingerprint density at radius 3 is 2.35 bits per heavy atom. The first-order valence-electron chi connectivity index (χ1n) is 9.22. The largest absolute Gasteiger partial charge is 0.323 e. The van der Waals surface area contributed by atoms with Gasteiger partial charge in [0.05, 0.1) is 17.6 Å². The monoisotopic (exact) mass is 494 g/mol. The molecule has 1 amide bonds. The molecule has 0 unspecified atom stereocenters. The highest BCUT2D eigenvalue weighted by Gasteiger charge is 2.21. The average molecular weight is 495 g/mol. The van der Waals surface area contributed by atoms with E-state index in [9.17, 15) is 13.2 Å². The standard InChI is InChI=1S/C22H20Cl2N2O3S2/c1-31(28,29)26(19-6-4-5-18(24)13-19)14-22(27)25-20-7-2-3-8-21(20)30-15-16-9-11-17(23)12-10-16/h2-13H,14-15H2,1H3,(H,25,27). The Morgan fingerprint density at radius 1 is 0.968 bits per heavy atom. The summed E-state index contributed by atoms with van der Waals surface area (Å²) in [5.41, 5.74) is 2.04.